The first kappa shape index (κ1) is 21.7. The lowest BCUT2D eigenvalue weighted by molar-refractivity contribution is 0.0923. The minimum absolute atomic E-state index is 0.0458. The maximum atomic E-state index is 12.6. The van der Waals surface area contributed by atoms with E-state index in [1.807, 2.05) is 19.1 Å². The molecule has 0 heterocycles. The van der Waals surface area contributed by atoms with Crippen LogP contribution >= 0.6 is 0 Å². The Bertz CT molecular complexity index is 1020. The van der Waals surface area contributed by atoms with E-state index in [4.69, 9.17) is 4.74 Å². The molecule has 0 spiro atoms. The van der Waals surface area contributed by atoms with Crippen LogP contribution in [0.3, 0.4) is 0 Å². The van der Waals surface area contributed by atoms with Gasteiger partial charge in [-0.3, -0.25) is 9.10 Å². The van der Waals surface area contributed by atoms with E-state index in [0.29, 0.717) is 35.6 Å². The molecule has 4 rings (SSSR count). The third-order valence-corrected chi connectivity index (χ3v) is 7.57. The van der Waals surface area contributed by atoms with Gasteiger partial charge in [0.2, 0.25) is 10.0 Å². The molecule has 2 bridgehead atoms. The molecule has 166 valence electrons. The van der Waals surface area contributed by atoms with Gasteiger partial charge in [0.25, 0.3) is 5.91 Å². The number of anilines is 1. The lowest BCUT2D eigenvalue weighted by Gasteiger charge is -2.24. The lowest BCUT2D eigenvalue weighted by Crippen LogP contribution is -2.38. The third kappa shape index (κ3) is 5.03. The number of carbonyl (C=O) groups is 1. The summed E-state index contributed by atoms with van der Waals surface area (Å²) in [6, 6.07) is 14.5. The Morgan fingerprint density at radius 2 is 1.77 bits per heavy atom. The Kier molecular flexibility index (Phi) is 6.23. The van der Waals surface area contributed by atoms with Crippen molar-refractivity contribution in [2.75, 3.05) is 17.2 Å². The average molecular weight is 443 g/mol. The van der Waals surface area contributed by atoms with Crippen LogP contribution in [0.1, 0.15) is 48.5 Å². The number of benzene rings is 2. The summed E-state index contributed by atoms with van der Waals surface area (Å²) in [6.45, 7) is 2.65. The van der Waals surface area contributed by atoms with Crippen molar-refractivity contribution in [3.8, 4) is 5.75 Å². The number of fused-ring (bicyclic) bond motifs is 2. The van der Waals surface area contributed by atoms with E-state index in [-0.39, 0.29) is 12.5 Å². The summed E-state index contributed by atoms with van der Waals surface area (Å²) in [6.07, 6.45) is 6.07. The van der Waals surface area contributed by atoms with Crippen molar-refractivity contribution >= 4 is 21.6 Å². The summed E-state index contributed by atoms with van der Waals surface area (Å²) in [7, 11) is -3.48. The van der Waals surface area contributed by atoms with Gasteiger partial charge in [-0.05, 0) is 80.0 Å². The second-order valence-corrected chi connectivity index (χ2v) is 10.6. The number of amides is 1. The van der Waals surface area contributed by atoms with Gasteiger partial charge >= 0.3 is 0 Å². The quantitative estimate of drug-likeness (QED) is 0.671. The zero-order chi connectivity index (χ0) is 22.0. The minimum Gasteiger partial charge on any atom is -0.494 e. The van der Waals surface area contributed by atoms with Gasteiger partial charge in [-0.1, -0.05) is 18.6 Å². The molecule has 0 saturated heterocycles. The van der Waals surface area contributed by atoms with Gasteiger partial charge in [-0.2, -0.15) is 0 Å². The van der Waals surface area contributed by atoms with Crippen LogP contribution in [-0.2, 0) is 16.6 Å². The van der Waals surface area contributed by atoms with E-state index in [2.05, 4.69) is 5.32 Å². The zero-order valence-electron chi connectivity index (χ0n) is 18.1. The predicted molar refractivity (Wildman–Crippen MR) is 122 cm³/mol. The molecule has 0 aromatic heterocycles. The van der Waals surface area contributed by atoms with Crippen LogP contribution in [0, 0.1) is 11.8 Å². The molecule has 3 atom stereocenters. The van der Waals surface area contributed by atoms with E-state index < -0.39 is 10.0 Å². The van der Waals surface area contributed by atoms with E-state index >= 15 is 0 Å². The monoisotopic (exact) mass is 442 g/mol. The third-order valence-electron chi connectivity index (χ3n) is 6.43. The first-order chi connectivity index (χ1) is 14.8. The number of ether oxygens (including phenoxy) is 1. The van der Waals surface area contributed by atoms with Crippen LogP contribution in [0.25, 0.3) is 0 Å². The first-order valence-electron chi connectivity index (χ1n) is 10.9. The summed E-state index contributed by atoms with van der Waals surface area (Å²) >= 11 is 0. The molecule has 31 heavy (non-hydrogen) atoms. The molecule has 1 N–H and O–H groups in total. The fourth-order valence-corrected chi connectivity index (χ4v) is 5.76. The molecule has 2 aliphatic rings. The molecule has 0 aliphatic heterocycles. The molecular formula is C24H30N2O4S. The molecule has 2 aromatic carbocycles. The Morgan fingerprint density at radius 1 is 1.06 bits per heavy atom. The topological polar surface area (TPSA) is 75.7 Å². The van der Waals surface area contributed by atoms with E-state index in [1.165, 1.54) is 29.8 Å². The van der Waals surface area contributed by atoms with E-state index in [9.17, 15) is 13.2 Å². The van der Waals surface area contributed by atoms with Crippen molar-refractivity contribution in [1.29, 1.82) is 0 Å². The zero-order valence-corrected chi connectivity index (χ0v) is 18.9. The maximum Gasteiger partial charge on any atom is 0.251 e. The molecular weight excluding hydrogens is 412 g/mol. The molecule has 2 aliphatic carbocycles. The van der Waals surface area contributed by atoms with Crippen molar-refractivity contribution in [1.82, 2.24) is 5.32 Å². The van der Waals surface area contributed by atoms with Crippen LogP contribution in [0.4, 0.5) is 5.69 Å². The summed E-state index contributed by atoms with van der Waals surface area (Å²) in [4.78, 5) is 12.6. The van der Waals surface area contributed by atoms with Crippen molar-refractivity contribution in [2.45, 2.75) is 45.2 Å². The largest absolute Gasteiger partial charge is 0.494 e. The van der Waals surface area contributed by atoms with Gasteiger partial charge in [-0.25, -0.2) is 8.42 Å². The van der Waals surface area contributed by atoms with Gasteiger partial charge in [0.05, 0.1) is 25.1 Å². The smallest absolute Gasteiger partial charge is 0.251 e. The summed E-state index contributed by atoms with van der Waals surface area (Å²) in [5.74, 6) is 2.06. The predicted octanol–water partition coefficient (Wildman–Crippen LogP) is 3.97. The molecule has 2 saturated carbocycles. The fourth-order valence-electron chi connectivity index (χ4n) is 4.88. The molecule has 3 unspecified atom stereocenters. The Balaban J connectivity index is 1.43. The van der Waals surface area contributed by atoms with Crippen molar-refractivity contribution < 1.29 is 17.9 Å². The fraction of sp³-hybridized carbons (Fsp3) is 0.458. The molecule has 6 nitrogen and oxygen atoms in total. The van der Waals surface area contributed by atoms with Crippen molar-refractivity contribution in [2.24, 2.45) is 11.8 Å². The van der Waals surface area contributed by atoms with Crippen LogP contribution in [0.5, 0.6) is 5.75 Å². The number of nitrogens with zero attached hydrogens (tertiary/aromatic N) is 1. The van der Waals surface area contributed by atoms with E-state index in [0.717, 1.165) is 17.9 Å². The second kappa shape index (κ2) is 8.91. The van der Waals surface area contributed by atoms with E-state index in [1.54, 1.807) is 36.4 Å². The summed E-state index contributed by atoms with van der Waals surface area (Å²) in [5.41, 5.74) is 2.00. The highest BCUT2D eigenvalue weighted by molar-refractivity contribution is 7.92. The maximum absolute atomic E-state index is 12.6. The number of rotatable bonds is 8. The molecule has 2 fully saturated rings. The average Bonchev–Trinajstić information content (AvgIpc) is 3.36. The van der Waals surface area contributed by atoms with Crippen LogP contribution in [0.15, 0.2) is 48.5 Å². The number of nitrogens with one attached hydrogen (secondary N) is 1. The van der Waals surface area contributed by atoms with Gasteiger partial charge in [0.15, 0.2) is 0 Å². The van der Waals surface area contributed by atoms with Crippen LogP contribution in [0.2, 0.25) is 0 Å². The van der Waals surface area contributed by atoms with Gasteiger partial charge in [0.1, 0.15) is 5.75 Å². The Labute approximate surface area is 184 Å². The van der Waals surface area contributed by atoms with Gasteiger partial charge in [-0.15, -0.1) is 0 Å². The summed E-state index contributed by atoms with van der Waals surface area (Å²) < 4.78 is 31.6. The van der Waals surface area contributed by atoms with Crippen molar-refractivity contribution in [3.63, 3.8) is 0 Å². The number of sulfonamides is 1. The molecule has 2 aromatic rings. The minimum atomic E-state index is -3.48. The van der Waals surface area contributed by atoms with Crippen LogP contribution in [-0.4, -0.2) is 33.2 Å². The summed E-state index contributed by atoms with van der Waals surface area (Å²) in [5, 5.41) is 3.20. The van der Waals surface area contributed by atoms with Gasteiger partial charge < -0.3 is 10.1 Å². The Morgan fingerprint density at radius 3 is 2.32 bits per heavy atom. The number of hydrogen-bond donors (Lipinski definition) is 1. The number of hydrogen-bond acceptors (Lipinski definition) is 4. The molecule has 0 radical (unpaired) electrons. The van der Waals surface area contributed by atoms with Gasteiger partial charge in [0, 0.05) is 11.6 Å². The first-order valence-corrected chi connectivity index (χ1v) is 12.8. The highest BCUT2D eigenvalue weighted by Gasteiger charge is 2.40. The normalized spacial score (nSPS) is 22.3. The molecule has 7 heteroatoms. The number of carbonyl (C=O) groups excluding carboxylic acids is 1. The second-order valence-electron chi connectivity index (χ2n) is 8.65. The lowest BCUT2D eigenvalue weighted by atomic mass is 9.95. The standard InChI is InChI=1S/C24H30N2O4S/c1-3-30-22-12-10-21(11-13-22)26(31(2,28)29)16-17-4-7-19(8-5-17)24(27)25-23-15-18-6-9-20(23)14-18/h4-5,7-8,10-13,18,20,23H,3,6,9,14-16H2,1-2H3,(H,25,27). The highest BCUT2D eigenvalue weighted by atomic mass is 32.2. The molecule has 1 amide bonds. The SMILES string of the molecule is CCOc1ccc(N(Cc2ccc(C(=O)NC3CC4CCC3C4)cc2)S(C)(=O)=O)cc1. The van der Waals surface area contributed by atoms with Crippen LogP contribution < -0.4 is 14.4 Å². The Hall–Kier alpha value is -2.54. The van der Waals surface area contributed by atoms with Crippen molar-refractivity contribution in [3.05, 3.63) is 59.7 Å². The highest BCUT2D eigenvalue weighted by Crippen LogP contribution is 2.44.